The van der Waals surface area contributed by atoms with Crippen LogP contribution in [0.25, 0.3) is 0 Å². The number of carboxylic acid groups (broad SMARTS) is 1. The second-order valence-corrected chi connectivity index (χ2v) is 5.77. The van der Waals surface area contributed by atoms with Crippen LogP contribution < -0.4 is 5.73 Å². The maximum atomic E-state index is 11.4. The molecule has 0 aromatic rings. The highest BCUT2D eigenvalue weighted by atomic mass is 35.5. The average molecular weight is 316 g/mol. The van der Waals surface area contributed by atoms with Crippen molar-refractivity contribution >= 4 is 17.6 Å². The Kier molecular flexibility index (Phi) is 5.13. The predicted molar refractivity (Wildman–Crippen MR) is 80.3 cm³/mol. The number of aliphatic carboxylic acids is 1. The van der Waals surface area contributed by atoms with E-state index in [0.29, 0.717) is 5.82 Å². The number of likely N-dealkylation sites (tertiary alicyclic amines) is 1. The minimum Gasteiger partial charge on any atom is -0.478 e. The van der Waals surface area contributed by atoms with Crippen molar-refractivity contribution in [3.05, 3.63) is 22.5 Å². The van der Waals surface area contributed by atoms with Crippen LogP contribution in [0.2, 0.25) is 0 Å². The Morgan fingerprint density at radius 3 is 2.62 bits per heavy atom. The van der Waals surface area contributed by atoms with Gasteiger partial charge in [-0.15, -0.1) is 0 Å². The second kappa shape index (κ2) is 6.68. The third kappa shape index (κ3) is 3.17. The highest BCUT2D eigenvalue weighted by Gasteiger charge is 2.37. The number of nitrogens with two attached hydrogens (primary N) is 1. The zero-order chi connectivity index (χ0) is 15.6. The van der Waals surface area contributed by atoms with Gasteiger partial charge in [-0.25, -0.2) is 4.79 Å². The van der Waals surface area contributed by atoms with Crippen molar-refractivity contribution in [1.29, 1.82) is 0 Å². The molecular formula is C14H22ClN3O3. The molecule has 0 radical (unpaired) electrons. The zero-order valence-corrected chi connectivity index (χ0v) is 13.1. The third-order valence-corrected chi connectivity index (χ3v) is 4.42. The number of halogens is 1. The summed E-state index contributed by atoms with van der Waals surface area (Å²) >= 11 is 6.11. The van der Waals surface area contributed by atoms with Crippen LogP contribution in [-0.4, -0.2) is 53.5 Å². The van der Waals surface area contributed by atoms with Gasteiger partial charge < -0.3 is 20.5 Å². The monoisotopic (exact) mass is 315 g/mol. The van der Waals surface area contributed by atoms with E-state index in [1.165, 1.54) is 19.6 Å². The molecule has 2 atom stereocenters. The van der Waals surface area contributed by atoms with Crippen LogP contribution in [0.1, 0.15) is 26.2 Å². The van der Waals surface area contributed by atoms with E-state index in [9.17, 15) is 9.90 Å². The fourth-order valence-electron chi connectivity index (χ4n) is 2.95. The first-order valence-electron chi connectivity index (χ1n) is 7.12. The van der Waals surface area contributed by atoms with Crippen molar-refractivity contribution in [3.8, 4) is 0 Å². The summed E-state index contributed by atoms with van der Waals surface area (Å²) in [7, 11) is 1.48. The highest BCUT2D eigenvalue weighted by molar-refractivity contribution is 6.32. The average Bonchev–Trinajstić information content (AvgIpc) is 2.49. The Morgan fingerprint density at radius 1 is 1.48 bits per heavy atom. The lowest BCUT2D eigenvalue weighted by molar-refractivity contribution is -0.137. The number of carboxylic acids is 1. The summed E-state index contributed by atoms with van der Waals surface area (Å²) < 4.78 is 5.39. The molecular weight excluding hydrogens is 294 g/mol. The zero-order valence-electron chi connectivity index (χ0n) is 12.4. The molecule has 1 fully saturated rings. The van der Waals surface area contributed by atoms with E-state index in [1.807, 2.05) is 6.92 Å². The van der Waals surface area contributed by atoms with Crippen molar-refractivity contribution in [1.82, 2.24) is 9.80 Å². The van der Waals surface area contributed by atoms with Crippen molar-refractivity contribution in [2.24, 2.45) is 5.73 Å². The molecule has 1 saturated heterocycles. The molecule has 2 unspecified atom stereocenters. The lowest BCUT2D eigenvalue weighted by atomic mass is 10.1. The lowest BCUT2D eigenvalue weighted by Gasteiger charge is -2.45. The Hall–Kier alpha value is -1.24. The SMILES string of the molecule is COC1C(C(=O)O)=CC(Cl)=C(N)N1C(C)N1CCCCC1. The van der Waals surface area contributed by atoms with Crippen LogP contribution in [0.4, 0.5) is 0 Å². The summed E-state index contributed by atoms with van der Waals surface area (Å²) in [5.41, 5.74) is 6.19. The van der Waals surface area contributed by atoms with E-state index < -0.39 is 12.2 Å². The summed E-state index contributed by atoms with van der Waals surface area (Å²) in [5.74, 6) is -0.699. The van der Waals surface area contributed by atoms with Gasteiger partial charge in [0.15, 0.2) is 6.23 Å². The number of methoxy groups -OCH3 is 1. The van der Waals surface area contributed by atoms with Crippen LogP contribution in [0.5, 0.6) is 0 Å². The van der Waals surface area contributed by atoms with Crippen LogP contribution in [0, 0.1) is 0 Å². The maximum absolute atomic E-state index is 11.4. The van der Waals surface area contributed by atoms with E-state index in [0.717, 1.165) is 25.9 Å². The van der Waals surface area contributed by atoms with Crippen molar-refractivity contribution in [3.63, 3.8) is 0 Å². The predicted octanol–water partition coefficient (Wildman–Crippen LogP) is 1.48. The molecule has 0 bridgehead atoms. The first kappa shape index (κ1) is 16.1. The second-order valence-electron chi connectivity index (χ2n) is 5.36. The fraction of sp³-hybridized carbons (Fsp3) is 0.643. The summed E-state index contributed by atoms with van der Waals surface area (Å²) in [5, 5.41) is 9.58. The minimum atomic E-state index is -1.05. The third-order valence-electron chi connectivity index (χ3n) is 4.12. The van der Waals surface area contributed by atoms with Gasteiger partial charge >= 0.3 is 5.97 Å². The molecule has 21 heavy (non-hydrogen) atoms. The standard InChI is InChI=1S/C14H22ClN3O3/c1-9(17-6-4-3-5-7-17)18-12(16)11(15)8-10(14(19)20)13(18)21-2/h8-9,13H,3-7,16H2,1-2H3,(H,19,20). The van der Waals surface area contributed by atoms with Gasteiger partial charge in [-0.1, -0.05) is 18.0 Å². The highest BCUT2D eigenvalue weighted by Crippen LogP contribution is 2.30. The number of nitrogens with zero attached hydrogens (tertiary/aromatic N) is 2. The molecule has 2 aliphatic rings. The molecule has 118 valence electrons. The smallest absolute Gasteiger partial charge is 0.336 e. The van der Waals surface area contributed by atoms with Crippen LogP contribution in [-0.2, 0) is 9.53 Å². The molecule has 3 N–H and O–H groups in total. The number of allylic oxidation sites excluding steroid dienone is 2. The fourth-order valence-corrected chi connectivity index (χ4v) is 3.17. The van der Waals surface area contributed by atoms with Crippen LogP contribution in [0.15, 0.2) is 22.5 Å². The van der Waals surface area contributed by atoms with Gasteiger partial charge in [0.2, 0.25) is 0 Å². The number of hydrogen-bond acceptors (Lipinski definition) is 5. The number of piperidine rings is 1. The molecule has 2 heterocycles. The Labute approximate surface area is 129 Å². The van der Waals surface area contributed by atoms with Gasteiger partial charge in [0, 0.05) is 20.2 Å². The molecule has 2 rings (SSSR count). The first-order valence-corrected chi connectivity index (χ1v) is 7.50. The normalized spacial score (nSPS) is 25.8. The molecule has 0 spiro atoms. The summed E-state index contributed by atoms with van der Waals surface area (Å²) in [4.78, 5) is 15.4. The van der Waals surface area contributed by atoms with Gasteiger partial charge in [-0.3, -0.25) is 4.90 Å². The summed E-state index contributed by atoms with van der Waals surface area (Å²) in [6.07, 6.45) is 4.05. The van der Waals surface area contributed by atoms with Gasteiger partial charge in [-0.05, 0) is 25.8 Å². The van der Waals surface area contributed by atoms with Crippen LogP contribution in [0.3, 0.4) is 0 Å². The summed E-state index contributed by atoms with van der Waals surface area (Å²) in [6.45, 7) is 3.93. The Bertz CT molecular complexity index is 472. The molecule has 0 amide bonds. The molecule has 6 nitrogen and oxygen atoms in total. The molecule has 7 heteroatoms. The number of rotatable bonds is 4. The van der Waals surface area contributed by atoms with Crippen molar-refractivity contribution in [2.75, 3.05) is 20.2 Å². The topological polar surface area (TPSA) is 79.0 Å². The van der Waals surface area contributed by atoms with Gasteiger partial charge in [0.25, 0.3) is 0 Å². The largest absolute Gasteiger partial charge is 0.478 e. The summed E-state index contributed by atoms with van der Waals surface area (Å²) in [6, 6.07) is 0. The van der Waals surface area contributed by atoms with Crippen molar-refractivity contribution < 1.29 is 14.6 Å². The Balaban J connectivity index is 2.31. The number of hydrogen-bond donors (Lipinski definition) is 2. The lowest BCUT2D eigenvalue weighted by Crippen LogP contribution is -2.56. The van der Waals surface area contributed by atoms with E-state index in [2.05, 4.69) is 4.90 Å². The van der Waals surface area contributed by atoms with E-state index in [-0.39, 0.29) is 16.8 Å². The number of carbonyl (C=O) groups is 1. The molecule has 0 aliphatic carbocycles. The van der Waals surface area contributed by atoms with E-state index in [1.54, 1.807) is 4.90 Å². The molecule has 0 aromatic carbocycles. The van der Waals surface area contributed by atoms with Gasteiger partial charge in [0.1, 0.15) is 5.82 Å². The molecule has 0 aromatic heterocycles. The van der Waals surface area contributed by atoms with Gasteiger partial charge in [0.05, 0.1) is 16.8 Å². The van der Waals surface area contributed by atoms with E-state index in [4.69, 9.17) is 22.1 Å². The first-order chi connectivity index (χ1) is 9.97. The van der Waals surface area contributed by atoms with Gasteiger partial charge in [-0.2, -0.15) is 0 Å². The Morgan fingerprint density at radius 2 is 2.10 bits per heavy atom. The van der Waals surface area contributed by atoms with Crippen LogP contribution >= 0.6 is 11.6 Å². The maximum Gasteiger partial charge on any atom is 0.336 e. The van der Waals surface area contributed by atoms with Crippen molar-refractivity contribution in [2.45, 2.75) is 38.6 Å². The quantitative estimate of drug-likeness (QED) is 0.818. The molecule has 0 saturated carbocycles. The minimum absolute atomic E-state index is 0.0768. The number of ether oxygens (including phenoxy) is 1. The molecule has 2 aliphatic heterocycles. The van der Waals surface area contributed by atoms with E-state index >= 15 is 0 Å².